The highest BCUT2D eigenvalue weighted by molar-refractivity contribution is 6.27. The van der Waals surface area contributed by atoms with Crippen molar-refractivity contribution in [3.8, 4) is 11.5 Å². The smallest absolute Gasteiger partial charge is 0.414 e. The molecule has 1 aliphatic rings. The number of methoxy groups -OCH3 is 2. The Balaban J connectivity index is 0.000000604. The molecule has 0 aliphatic carbocycles. The van der Waals surface area contributed by atoms with Gasteiger partial charge in [0.25, 0.3) is 5.69 Å². The number of piperazine rings is 1. The van der Waals surface area contributed by atoms with E-state index >= 15 is 0 Å². The summed E-state index contributed by atoms with van der Waals surface area (Å²) in [7, 11) is 3.02. The second kappa shape index (κ2) is 12.5. The fraction of sp³-hybridized carbons (Fsp3) is 0.391. The molecule has 1 fully saturated rings. The fourth-order valence-corrected chi connectivity index (χ4v) is 3.62. The number of carbonyl (C=O) groups is 2. The summed E-state index contributed by atoms with van der Waals surface area (Å²) in [4.78, 5) is 34.0. The minimum Gasteiger partial charge on any atom is -0.493 e. The fourth-order valence-electron chi connectivity index (χ4n) is 3.62. The zero-order chi connectivity index (χ0) is 25.3. The average molecular weight is 475 g/mol. The summed E-state index contributed by atoms with van der Waals surface area (Å²) in [6.45, 7) is 7.19. The van der Waals surface area contributed by atoms with Gasteiger partial charge in [-0.05, 0) is 18.6 Å². The van der Waals surface area contributed by atoms with E-state index in [9.17, 15) is 10.1 Å². The van der Waals surface area contributed by atoms with Gasteiger partial charge in [0.15, 0.2) is 11.5 Å². The maximum Gasteiger partial charge on any atom is 0.414 e. The van der Waals surface area contributed by atoms with Gasteiger partial charge in [-0.1, -0.05) is 29.8 Å². The minimum absolute atomic E-state index is 0.0693. The Labute approximate surface area is 197 Å². The summed E-state index contributed by atoms with van der Waals surface area (Å²) in [6.07, 6.45) is 0. The average Bonchev–Trinajstić information content (AvgIpc) is 2.80. The summed E-state index contributed by atoms with van der Waals surface area (Å²) in [6, 6.07) is 11.7. The number of nitrogens with zero attached hydrogens (tertiary/aromatic N) is 3. The lowest BCUT2D eigenvalue weighted by Gasteiger charge is -2.34. The molecule has 1 saturated heterocycles. The second-order valence-corrected chi connectivity index (χ2v) is 7.74. The molecule has 1 aliphatic heterocycles. The molecule has 0 bridgehead atoms. The number of rotatable bonds is 7. The molecule has 0 unspecified atom stereocenters. The Morgan fingerprint density at radius 3 is 1.94 bits per heavy atom. The maximum absolute atomic E-state index is 11.5. The van der Waals surface area contributed by atoms with E-state index in [1.165, 1.54) is 31.4 Å². The number of carboxylic acids is 2. The molecule has 0 saturated carbocycles. The summed E-state index contributed by atoms with van der Waals surface area (Å²) in [5, 5.41) is 26.3. The SMILES string of the molecule is COc1cc(CN2CCN(Cc3cccc(C)c3)CC2)c([N+](=O)[O-])cc1OC.O=C(O)C(=O)O. The molecule has 184 valence electrons. The molecule has 3 rings (SSSR count). The van der Waals surface area contributed by atoms with E-state index in [1.54, 1.807) is 6.07 Å². The van der Waals surface area contributed by atoms with Crippen molar-refractivity contribution in [1.29, 1.82) is 0 Å². The number of aryl methyl sites for hydroxylation is 1. The van der Waals surface area contributed by atoms with Gasteiger partial charge in [0.1, 0.15) is 0 Å². The molecule has 0 amide bonds. The summed E-state index contributed by atoms with van der Waals surface area (Å²) >= 11 is 0. The van der Waals surface area contributed by atoms with Gasteiger partial charge in [-0.3, -0.25) is 19.9 Å². The van der Waals surface area contributed by atoms with Crippen LogP contribution in [0.1, 0.15) is 16.7 Å². The van der Waals surface area contributed by atoms with Crippen LogP contribution in [-0.2, 0) is 22.7 Å². The Morgan fingerprint density at radius 2 is 1.47 bits per heavy atom. The molecule has 0 radical (unpaired) electrons. The van der Waals surface area contributed by atoms with E-state index in [2.05, 4.69) is 41.0 Å². The number of benzene rings is 2. The van der Waals surface area contributed by atoms with Crippen molar-refractivity contribution >= 4 is 17.6 Å². The van der Waals surface area contributed by atoms with Gasteiger partial charge in [0.2, 0.25) is 0 Å². The topological polar surface area (TPSA) is 143 Å². The third-order valence-electron chi connectivity index (χ3n) is 5.31. The van der Waals surface area contributed by atoms with Gasteiger partial charge in [-0.15, -0.1) is 0 Å². The molecule has 2 aromatic rings. The van der Waals surface area contributed by atoms with E-state index in [0.29, 0.717) is 23.6 Å². The quantitative estimate of drug-likeness (QED) is 0.348. The Bertz CT molecular complexity index is 1010. The normalized spacial score (nSPS) is 14.0. The van der Waals surface area contributed by atoms with Crippen LogP contribution < -0.4 is 9.47 Å². The van der Waals surface area contributed by atoms with Crippen LogP contribution in [0.15, 0.2) is 36.4 Å². The van der Waals surface area contributed by atoms with Crippen LogP contribution in [-0.4, -0.2) is 77.3 Å². The highest BCUT2D eigenvalue weighted by Gasteiger charge is 2.23. The predicted octanol–water partition coefficient (Wildman–Crippen LogP) is 2.39. The largest absolute Gasteiger partial charge is 0.493 e. The first-order chi connectivity index (χ1) is 16.1. The van der Waals surface area contributed by atoms with Gasteiger partial charge < -0.3 is 19.7 Å². The molecule has 1 heterocycles. The first kappa shape index (κ1) is 26.6. The standard InChI is InChI=1S/C21H27N3O4.C2H2O4/c1-16-5-4-6-17(11-16)14-22-7-9-23(10-8-22)15-18-12-20(27-2)21(28-3)13-19(18)24(25)26;3-1(4)2(5)6/h4-6,11-13H,7-10,14-15H2,1-3H3;(H,3,4)(H,5,6). The molecule has 0 aromatic heterocycles. The first-order valence-corrected chi connectivity index (χ1v) is 10.5. The van der Waals surface area contributed by atoms with Crippen molar-refractivity contribution in [3.05, 3.63) is 63.2 Å². The van der Waals surface area contributed by atoms with Crippen molar-refractivity contribution in [2.24, 2.45) is 0 Å². The van der Waals surface area contributed by atoms with E-state index in [1.807, 2.05) is 0 Å². The van der Waals surface area contributed by atoms with Crippen LogP contribution >= 0.6 is 0 Å². The number of ether oxygens (including phenoxy) is 2. The number of nitro benzene ring substituents is 1. The molecule has 2 N–H and O–H groups in total. The maximum atomic E-state index is 11.5. The Morgan fingerprint density at radius 1 is 0.941 bits per heavy atom. The van der Waals surface area contributed by atoms with Gasteiger partial charge >= 0.3 is 11.9 Å². The highest BCUT2D eigenvalue weighted by Crippen LogP contribution is 2.35. The van der Waals surface area contributed by atoms with Crippen LogP contribution in [0.25, 0.3) is 0 Å². The van der Waals surface area contributed by atoms with Crippen LogP contribution in [0, 0.1) is 17.0 Å². The van der Waals surface area contributed by atoms with Gasteiger partial charge in [-0.25, -0.2) is 9.59 Å². The lowest BCUT2D eigenvalue weighted by atomic mass is 10.1. The van der Waals surface area contributed by atoms with Crippen molar-refractivity contribution in [3.63, 3.8) is 0 Å². The number of carboxylic acid groups (broad SMARTS) is 2. The lowest BCUT2D eigenvalue weighted by Crippen LogP contribution is -2.45. The predicted molar refractivity (Wildman–Crippen MR) is 123 cm³/mol. The van der Waals surface area contributed by atoms with Gasteiger partial charge in [-0.2, -0.15) is 0 Å². The van der Waals surface area contributed by atoms with Crippen molar-refractivity contribution < 1.29 is 34.2 Å². The van der Waals surface area contributed by atoms with Gasteiger partial charge in [0.05, 0.1) is 25.2 Å². The molecule has 11 heteroatoms. The molecule has 11 nitrogen and oxygen atoms in total. The van der Waals surface area contributed by atoms with E-state index in [-0.39, 0.29) is 10.6 Å². The highest BCUT2D eigenvalue weighted by atomic mass is 16.6. The number of hydrogen-bond acceptors (Lipinski definition) is 8. The van der Waals surface area contributed by atoms with Crippen LogP contribution in [0.2, 0.25) is 0 Å². The van der Waals surface area contributed by atoms with Crippen LogP contribution in [0.4, 0.5) is 5.69 Å². The van der Waals surface area contributed by atoms with Crippen molar-refractivity contribution in [1.82, 2.24) is 9.80 Å². The summed E-state index contributed by atoms with van der Waals surface area (Å²) in [5.41, 5.74) is 3.32. The third-order valence-corrected chi connectivity index (χ3v) is 5.31. The summed E-state index contributed by atoms with van der Waals surface area (Å²) in [5.74, 6) is -2.76. The lowest BCUT2D eigenvalue weighted by molar-refractivity contribution is -0.385. The van der Waals surface area contributed by atoms with E-state index in [4.69, 9.17) is 29.3 Å². The van der Waals surface area contributed by atoms with Gasteiger partial charge in [0, 0.05) is 44.8 Å². The third kappa shape index (κ3) is 7.71. The molecular weight excluding hydrogens is 446 g/mol. The van der Waals surface area contributed by atoms with Crippen LogP contribution in [0.3, 0.4) is 0 Å². The zero-order valence-corrected chi connectivity index (χ0v) is 19.4. The van der Waals surface area contributed by atoms with E-state index < -0.39 is 11.9 Å². The first-order valence-electron chi connectivity index (χ1n) is 10.5. The number of aliphatic carboxylic acids is 2. The summed E-state index contributed by atoms with van der Waals surface area (Å²) < 4.78 is 10.5. The molecule has 2 aromatic carbocycles. The molecular formula is C23H29N3O8. The molecule has 34 heavy (non-hydrogen) atoms. The second-order valence-electron chi connectivity index (χ2n) is 7.74. The Hall–Kier alpha value is -3.70. The monoisotopic (exact) mass is 475 g/mol. The van der Waals surface area contributed by atoms with Crippen molar-refractivity contribution in [2.75, 3.05) is 40.4 Å². The van der Waals surface area contributed by atoms with Crippen molar-refractivity contribution in [2.45, 2.75) is 20.0 Å². The van der Waals surface area contributed by atoms with Crippen LogP contribution in [0.5, 0.6) is 11.5 Å². The minimum atomic E-state index is -1.82. The number of nitro groups is 1. The number of hydrogen-bond donors (Lipinski definition) is 2. The molecule has 0 atom stereocenters. The van der Waals surface area contributed by atoms with E-state index in [0.717, 1.165) is 32.7 Å². The Kier molecular flexibility index (Phi) is 9.77. The molecule has 0 spiro atoms. The zero-order valence-electron chi connectivity index (χ0n) is 19.4.